The quantitative estimate of drug-likeness (QED) is 0.548. The Balaban J connectivity index is 2.10. The van der Waals surface area contributed by atoms with E-state index in [1.54, 1.807) is 0 Å². The molecular formula is C11H19N3. The highest BCUT2D eigenvalue weighted by molar-refractivity contribution is 5.00. The summed E-state index contributed by atoms with van der Waals surface area (Å²) in [5.74, 6) is 0. The predicted octanol–water partition coefficient (Wildman–Crippen LogP) is 1.52. The second kappa shape index (κ2) is 5.60. The van der Waals surface area contributed by atoms with Crippen LogP contribution in [0.1, 0.15) is 19.0 Å². The molecule has 0 aliphatic heterocycles. The van der Waals surface area contributed by atoms with Gasteiger partial charge in [0.15, 0.2) is 0 Å². The van der Waals surface area contributed by atoms with Crippen LogP contribution >= 0.6 is 0 Å². The zero-order chi connectivity index (χ0) is 10.4. The fourth-order valence-corrected chi connectivity index (χ4v) is 1.29. The van der Waals surface area contributed by atoms with Gasteiger partial charge in [0.05, 0.1) is 0 Å². The molecule has 3 nitrogen and oxygen atoms in total. The van der Waals surface area contributed by atoms with E-state index in [9.17, 15) is 0 Å². The molecule has 0 aliphatic rings. The smallest absolute Gasteiger partial charge is 0.0492 e. The molecule has 3 heteroatoms. The Morgan fingerprint density at radius 1 is 1.57 bits per heavy atom. The van der Waals surface area contributed by atoms with Gasteiger partial charge in [-0.1, -0.05) is 5.57 Å². The molecule has 0 amide bonds. The fourth-order valence-electron chi connectivity index (χ4n) is 1.29. The molecule has 1 N–H and O–H groups in total. The lowest BCUT2D eigenvalue weighted by molar-refractivity contribution is 0.641. The molecule has 0 bridgehead atoms. The summed E-state index contributed by atoms with van der Waals surface area (Å²) in [6, 6.07) is 2.06. The summed E-state index contributed by atoms with van der Waals surface area (Å²) in [4.78, 5) is 0. The van der Waals surface area contributed by atoms with Crippen LogP contribution in [0.25, 0.3) is 0 Å². The van der Waals surface area contributed by atoms with Crippen molar-refractivity contribution < 1.29 is 0 Å². The molecule has 0 saturated heterocycles. The van der Waals surface area contributed by atoms with Gasteiger partial charge >= 0.3 is 0 Å². The summed E-state index contributed by atoms with van der Waals surface area (Å²) < 4.78 is 1.92. The molecular weight excluding hydrogens is 174 g/mol. The highest BCUT2D eigenvalue weighted by Crippen LogP contribution is 1.96. The van der Waals surface area contributed by atoms with E-state index < -0.39 is 0 Å². The van der Waals surface area contributed by atoms with Crippen LogP contribution in [-0.2, 0) is 13.5 Å². The average Bonchev–Trinajstić information content (AvgIpc) is 2.51. The molecule has 1 rings (SSSR count). The van der Waals surface area contributed by atoms with Gasteiger partial charge in [-0.3, -0.25) is 4.68 Å². The van der Waals surface area contributed by atoms with Crippen molar-refractivity contribution in [1.82, 2.24) is 15.1 Å². The Labute approximate surface area is 85.8 Å². The van der Waals surface area contributed by atoms with E-state index in [1.807, 2.05) is 17.9 Å². The molecule has 0 saturated carbocycles. The number of hydrogen-bond donors (Lipinski definition) is 1. The van der Waals surface area contributed by atoms with Gasteiger partial charge in [-0.2, -0.15) is 5.10 Å². The molecule has 1 aromatic rings. The third kappa shape index (κ3) is 3.75. The van der Waals surface area contributed by atoms with Crippen LogP contribution in [0.15, 0.2) is 24.4 Å². The predicted molar refractivity (Wildman–Crippen MR) is 59.2 cm³/mol. The lowest BCUT2D eigenvalue weighted by Crippen LogP contribution is -2.19. The zero-order valence-corrected chi connectivity index (χ0v) is 9.08. The van der Waals surface area contributed by atoms with Crippen molar-refractivity contribution in [2.24, 2.45) is 7.05 Å². The molecule has 0 spiro atoms. The summed E-state index contributed by atoms with van der Waals surface area (Å²) in [5, 5.41) is 7.50. The SMILES string of the molecule is C=C(C)CCNCCc1ccnn1C. The van der Waals surface area contributed by atoms with Gasteiger partial charge in [-0.05, 0) is 26.0 Å². The first-order valence-corrected chi connectivity index (χ1v) is 5.02. The van der Waals surface area contributed by atoms with Crippen LogP contribution in [0.5, 0.6) is 0 Å². The maximum atomic E-state index is 4.12. The molecule has 0 unspecified atom stereocenters. The maximum absolute atomic E-state index is 4.12. The number of rotatable bonds is 6. The van der Waals surface area contributed by atoms with Gasteiger partial charge < -0.3 is 5.32 Å². The molecule has 14 heavy (non-hydrogen) atoms. The van der Waals surface area contributed by atoms with Gasteiger partial charge in [0.1, 0.15) is 0 Å². The largest absolute Gasteiger partial charge is 0.316 e. The second-order valence-electron chi connectivity index (χ2n) is 3.65. The standard InChI is InChI=1S/C11H19N3/c1-10(2)4-7-12-8-5-11-6-9-13-14(11)3/h6,9,12H,1,4-5,7-8H2,2-3H3. The van der Waals surface area contributed by atoms with Crippen molar-refractivity contribution >= 4 is 0 Å². The highest BCUT2D eigenvalue weighted by atomic mass is 15.3. The van der Waals surface area contributed by atoms with Gasteiger partial charge in [0.2, 0.25) is 0 Å². The van der Waals surface area contributed by atoms with Crippen LogP contribution in [0, 0.1) is 0 Å². The number of hydrogen-bond acceptors (Lipinski definition) is 2. The van der Waals surface area contributed by atoms with Gasteiger partial charge in [-0.15, -0.1) is 6.58 Å². The summed E-state index contributed by atoms with van der Waals surface area (Å²) in [6.07, 6.45) is 3.93. The van der Waals surface area contributed by atoms with E-state index in [-0.39, 0.29) is 0 Å². The lowest BCUT2D eigenvalue weighted by atomic mass is 10.2. The third-order valence-corrected chi connectivity index (χ3v) is 2.21. The molecule has 0 atom stereocenters. The summed E-state index contributed by atoms with van der Waals surface area (Å²) in [7, 11) is 1.98. The van der Waals surface area contributed by atoms with Crippen molar-refractivity contribution in [2.75, 3.05) is 13.1 Å². The van der Waals surface area contributed by atoms with Crippen LogP contribution < -0.4 is 5.32 Å². The van der Waals surface area contributed by atoms with E-state index in [2.05, 4.69) is 30.0 Å². The van der Waals surface area contributed by atoms with Gasteiger partial charge in [0.25, 0.3) is 0 Å². The minimum Gasteiger partial charge on any atom is -0.316 e. The Morgan fingerprint density at radius 2 is 2.36 bits per heavy atom. The van der Waals surface area contributed by atoms with Crippen LogP contribution in [0.2, 0.25) is 0 Å². The van der Waals surface area contributed by atoms with Crippen LogP contribution in [0.3, 0.4) is 0 Å². The van der Waals surface area contributed by atoms with Gasteiger partial charge in [-0.25, -0.2) is 0 Å². The summed E-state index contributed by atoms with van der Waals surface area (Å²) in [5.41, 5.74) is 2.51. The topological polar surface area (TPSA) is 29.9 Å². The van der Waals surface area contributed by atoms with Crippen molar-refractivity contribution in [1.29, 1.82) is 0 Å². The normalized spacial score (nSPS) is 10.4. The Kier molecular flexibility index (Phi) is 4.40. The Hall–Kier alpha value is -1.09. The average molecular weight is 193 g/mol. The van der Waals surface area contributed by atoms with E-state index in [4.69, 9.17) is 0 Å². The van der Waals surface area contributed by atoms with Crippen molar-refractivity contribution in [3.8, 4) is 0 Å². The maximum Gasteiger partial charge on any atom is 0.0492 e. The van der Waals surface area contributed by atoms with E-state index in [1.165, 1.54) is 11.3 Å². The van der Waals surface area contributed by atoms with Crippen molar-refractivity contribution in [3.05, 3.63) is 30.1 Å². The molecule has 1 heterocycles. The molecule has 0 aliphatic carbocycles. The van der Waals surface area contributed by atoms with Crippen LogP contribution in [-0.4, -0.2) is 22.9 Å². The first kappa shape index (κ1) is 11.0. The monoisotopic (exact) mass is 193 g/mol. The third-order valence-electron chi connectivity index (χ3n) is 2.21. The molecule has 0 radical (unpaired) electrons. The van der Waals surface area contributed by atoms with E-state index >= 15 is 0 Å². The van der Waals surface area contributed by atoms with Crippen LogP contribution in [0.4, 0.5) is 0 Å². The van der Waals surface area contributed by atoms with Gasteiger partial charge in [0, 0.05) is 31.9 Å². The number of nitrogens with one attached hydrogen (secondary N) is 1. The molecule has 0 aromatic carbocycles. The minimum atomic E-state index is 1.01. The lowest BCUT2D eigenvalue weighted by Gasteiger charge is -2.04. The highest BCUT2D eigenvalue weighted by Gasteiger charge is 1.96. The number of aryl methyl sites for hydroxylation is 1. The Bertz CT molecular complexity index is 288. The van der Waals surface area contributed by atoms with E-state index in [0.29, 0.717) is 0 Å². The molecule has 1 aromatic heterocycles. The number of nitrogens with zero attached hydrogens (tertiary/aromatic N) is 2. The first-order valence-electron chi connectivity index (χ1n) is 5.02. The minimum absolute atomic E-state index is 1.01. The summed E-state index contributed by atoms with van der Waals surface area (Å²) in [6.45, 7) is 7.95. The molecule has 78 valence electrons. The number of aromatic nitrogens is 2. The van der Waals surface area contributed by atoms with E-state index in [0.717, 1.165) is 25.9 Å². The zero-order valence-electron chi connectivity index (χ0n) is 9.08. The second-order valence-corrected chi connectivity index (χ2v) is 3.65. The Morgan fingerprint density at radius 3 is 2.93 bits per heavy atom. The van der Waals surface area contributed by atoms with Crippen molar-refractivity contribution in [2.45, 2.75) is 19.8 Å². The first-order chi connectivity index (χ1) is 6.70. The van der Waals surface area contributed by atoms with Crippen molar-refractivity contribution in [3.63, 3.8) is 0 Å². The fraction of sp³-hybridized carbons (Fsp3) is 0.545. The molecule has 0 fully saturated rings. The summed E-state index contributed by atoms with van der Waals surface area (Å²) >= 11 is 0.